The highest BCUT2D eigenvalue weighted by molar-refractivity contribution is 6.02. The van der Waals surface area contributed by atoms with E-state index in [2.05, 4.69) is 32.7 Å². The van der Waals surface area contributed by atoms with Gasteiger partial charge >= 0.3 is 24.3 Å². The predicted octanol–water partition coefficient (Wildman–Crippen LogP) is 6.43. The number of carbonyl (C=O) groups excluding carboxylic acids is 5. The van der Waals surface area contributed by atoms with E-state index in [-0.39, 0.29) is 17.7 Å². The molecule has 240 valence electrons. The second-order valence-electron chi connectivity index (χ2n) is 11.9. The number of nitrogens with zero attached hydrogens (tertiary/aromatic N) is 1. The van der Waals surface area contributed by atoms with Gasteiger partial charge in [0, 0.05) is 23.2 Å². The molecule has 1 heterocycles. The quantitative estimate of drug-likeness (QED) is 0.0984. The highest BCUT2D eigenvalue weighted by Crippen LogP contribution is 2.26. The van der Waals surface area contributed by atoms with Crippen LogP contribution in [0.3, 0.4) is 0 Å². The zero-order chi connectivity index (χ0) is 33.9. The Kier molecular flexibility index (Phi) is 11.6. The average Bonchev–Trinajstić information content (AvgIpc) is 3.34. The lowest BCUT2D eigenvalue weighted by Gasteiger charge is -2.22. The van der Waals surface area contributed by atoms with E-state index < -0.39 is 29.4 Å². The Bertz CT molecular complexity index is 1690. The molecular formula is C34H36N4O8. The van der Waals surface area contributed by atoms with E-state index >= 15 is 0 Å². The van der Waals surface area contributed by atoms with Crippen molar-refractivity contribution < 1.29 is 38.2 Å². The zero-order valence-electron chi connectivity index (χ0n) is 26.4. The van der Waals surface area contributed by atoms with Crippen LogP contribution in [0.1, 0.15) is 63.0 Å². The summed E-state index contributed by atoms with van der Waals surface area (Å²) in [6.07, 6.45) is 1.38. The summed E-state index contributed by atoms with van der Waals surface area (Å²) in [5, 5.41) is 5.90. The van der Waals surface area contributed by atoms with Gasteiger partial charge in [-0.05, 0) is 95.5 Å². The van der Waals surface area contributed by atoms with Crippen molar-refractivity contribution in [2.45, 2.75) is 59.2 Å². The molecule has 3 N–H and O–H groups in total. The predicted molar refractivity (Wildman–Crippen MR) is 170 cm³/mol. The van der Waals surface area contributed by atoms with Gasteiger partial charge in [-0.2, -0.15) is 9.59 Å². The molecule has 0 aliphatic heterocycles. The van der Waals surface area contributed by atoms with Crippen LogP contribution in [0.2, 0.25) is 0 Å². The summed E-state index contributed by atoms with van der Waals surface area (Å²) in [6.45, 7) is 10.3. The van der Waals surface area contributed by atoms with Gasteiger partial charge in [0.05, 0.1) is 11.3 Å². The monoisotopic (exact) mass is 628 g/mol. The van der Waals surface area contributed by atoms with Gasteiger partial charge in [0.1, 0.15) is 17.0 Å². The van der Waals surface area contributed by atoms with Crippen LogP contribution in [0.25, 0.3) is 10.9 Å². The van der Waals surface area contributed by atoms with Gasteiger partial charge in [-0.15, -0.1) is 0 Å². The Morgan fingerprint density at radius 2 is 1.37 bits per heavy atom. The van der Waals surface area contributed by atoms with Crippen LogP contribution in [0, 0.1) is 0 Å². The number of aliphatic imine (C=N–C) groups is 1. The number of guanidine groups is 1. The summed E-state index contributed by atoms with van der Waals surface area (Å²) in [7, 11) is 0. The number of aromatic nitrogens is 1. The second-order valence-corrected chi connectivity index (χ2v) is 11.9. The molecule has 4 rings (SSSR count). The van der Waals surface area contributed by atoms with Crippen LogP contribution in [0.4, 0.5) is 15.3 Å². The van der Waals surface area contributed by atoms with Crippen molar-refractivity contribution in [2.75, 3.05) is 0 Å². The number of nitrogens with one attached hydrogen (secondary N) is 3. The third-order valence-corrected chi connectivity index (χ3v) is 5.77. The lowest BCUT2D eigenvalue weighted by Crippen LogP contribution is -2.47. The highest BCUT2D eigenvalue weighted by atomic mass is 16.6. The highest BCUT2D eigenvalue weighted by Gasteiger charge is 2.21. The van der Waals surface area contributed by atoms with Crippen molar-refractivity contribution in [3.8, 4) is 5.75 Å². The molecule has 12 nitrogen and oxygen atoms in total. The average molecular weight is 629 g/mol. The summed E-state index contributed by atoms with van der Waals surface area (Å²) in [5.74, 6) is -0.354. The maximum Gasteiger partial charge on any atom is 0.414 e. The first-order chi connectivity index (χ1) is 21.7. The van der Waals surface area contributed by atoms with E-state index in [1.54, 1.807) is 65.8 Å². The third kappa shape index (κ3) is 11.4. The Labute approximate surface area is 266 Å². The molecule has 46 heavy (non-hydrogen) atoms. The van der Waals surface area contributed by atoms with Crippen LogP contribution < -0.4 is 15.4 Å². The fourth-order valence-corrected chi connectivity index (χ4v) is 4.05. The molecule has 4 aromatic rings. The molecule has 0 saturated carbocycles. The number of carbonyl (C=O) groups is 3. The number of esters is 1. The number of fused-ring (bicyclic) bond motifs is 1. The maximum atomic E-state index is 12.9. The normalized spacial score (nSPS) is 10.8. The van der Waals surface area contributed by atoms with Crippen LogP contribution in [0.5, 0.6) is 5.75 Å². The molecule has 0 aliphatic carbocycles. The Hall–Kier alpha value is -5.74. The van der Waals surface area contributed by atoms with Crippen LogP contribution in [0.15, 0.2) is 84.0 Å². The van der Waals surface area contributed by atoms with Crippen LogP contribution in [-0.2, 0) is 25.5 Å². The number of hydrogen-bond donors (Lipinski definition) is 3. The molecule has 0 spiro atoms. The summed E-state index contributed by atoms with van der Waals surface area (Å²) in [5.41, 5.74) is 2.33. The van der Waals surface area contributed by atoms with Crippen molar-refractivity contribution in [1.82, 2.24) is 15.6 Å². The minimum Gasteiger partial charge on any atom is -0.444 e. The van der Waals surface area contributed by atoms with E-state index in [4.69, 9.17) is 23.8 Å². The summed E-state index contributed by atoms with van der Waals surface area (Å²) >= 11 is 0. The van der Waals surface area contributed by atoms with Gasteiger partial charge in [-0.3, -0.25) is 10.6 Å². The summed E-state index contributed by atoms with van der Waals surface area (Å²) < 4.78 is 16.1. The SMILES string of the molecule is CC(C)(C)OC(=O)NC(=Nc1ccc(C(=O)Oc2ccc3c(Cc4ccccc4)c[nH]c3c2)cc1)NC(=O)OC(C)(C)C.O=C=O. The van der Waals surface area contributed by atoms with Gasteiger partial charge in [0.25, 0.3) is 0 Å². The number of amides is 2. The molecule has 0 atom stereocenters. The Balaban J connectivity index is 0.00000185. The Morgan fingerprint density at radius 3 is 1.91 bits per heavy atom. The standard InChI is InChI=1S/C33H36N4O6.CO2/c1-32(2,3)42-30(39)36-29(37-31(40)43-33(4,5)6)35-24-14-12-22(13-15-24)28(38)41-25-16-17-26-23(20-34-27(26)19-25)18-21-10-8-7-9-11-21;2-1-3/h7-17,19-20,34H,18H2,1-6H3,(H2,35,36,37,39,40);. The lowest BCUT2D eigenvalue weighted by molar-refractivity contribution is -0.191. The van der Waals surface area contributed by atoms with E-state index in [9.17, 15) is 14.4 Å². The fraction of sp³-hybridized carbons (Fsp3) is 0.265. The molecule has 2 amide bonds. The topological polar surface area (TPSA) is 165 Å². The number of alkyl carbamates (subject to hydrolysis) is 2. The summed E-state index contributed by atoms with van der Waals surface area (Å²) in [6, 6.07) is 21.8. The molecule has 0 saturated heterocycles. The number of aromatic amines is 1. The largest absolute Gasteiger partial charge is 0.444 e. The van der Waals surface area contributed by atoms with Crippen molar-refractivity contribution in [1.29, 1.82) is 0 Å². The molecular weight excluding hydrogens is 592 g/mol. The first-order valence-electron chi connectivity index (χ1n) is 14.2. The maximum absolute atomic E-state index is 12.9. The van der Waals surface area contributed by atoms with E-state index in [0.29, 0.717) is 11.4 Å². The van der Waals surface area contributed by atoms with E-state index in [0.717, 1.165) is 22.9 Å². The van der Waals surface area contributed by atoms with Gasteiger partial charge in [0.2, 0.25) is 5.96 Å². The Morgan fingerprint density at radius 1 is 0.804 bits per heavy atom. The molecule has 3 aromatic carbocycles. The molecule has 0 fully saturated rings. The fourth-order valence-electron chi connectivity index (χ4n) is 4.05. The molecule has 1 aromatic heterocycles. The van der Waals surface area contributed by atoms with E-state index in [1.807, 2.05) is 30.5 Å². The first kappa shape index (κ1) is 34.7. The van der Waals surface area contributed by atoms with Gasteiger partial charge in [-0.25, -0.2) is 19.4 Å². The van der Waals surface area contributed by atoms with Crippen LogP contribution in [-0.4, -0.2) is 46.5 Å². The number of hydrogen-bond acceptors (Lipinski definition) is 9. The number of H-pyrrole nitrogens is 1. The molecule has 0 bridgehead atoms. The number of benzene rings is 3. The van der Waals surface area contributed by atoms with Crippen molar-refractivity contribution in [3.63, 3.8) is 0 Å². The molecule has 0 aliphatic rings. The van der Waals surface area contributed by atoms with Gasteiger partial charge in [-0.1, -0.05) is 30.3 Å². The number of ether oxygens (including phenoxy) is 3. The van der Waals surface area contributed by atoms with Crippen LogP contribution >= 0.6 is 0 Å². The molecule has 12 heteroatoms. The van der Waals surface area contributed by atoms with Gasteiger partial charge < -0.3 is 19.2 Å². The van der Waals surface area contributed by atoms with Crippen molar-refractivity contribution in [2.24, 2.45) is 4.99 Å². The molecule has 0 unspecified atom stereocenters. The third-order valence-electron chi connectivity index (χ3n) is 5.77. The second kappa shape index (κ2) is 15.3. The smallest absolute Gasteiger partial charge is 0.414 e. The summed E-state index contributed by atoms with van der Waals surface area (Å²) in [4.78, 5) is 61.3. The lowest BCUT2D eigenvalue weighted by atomic mass is 10.0. The minimum absolute atomic E-state index is 0.204. The number of rotatable bonds is 5. The van der Waals surface area contributed by atoms with Crippen molar-refractivity contribution in [3.05, 3.63) is 95.7 Å². The van der Waals surface area contributed by atoms with Gasteiger partial charge in [0.15, 0.2) is 0 Å². The van der Waals surface area contributed by atoms with E-state index in [1.165, 1.54) is 17.7 Å². The van der Waals surface area contributed by atoms with Crippen molar-refractivity contribution >= 4 is 46.9 Å². The molecule has 0 radical (unpaired) electrons. The first-order valence-corrected chi connectivity index (χ1v) is 14.2. The minimum atomic E-state index is -0.811. The zero-order valence-corrected chi connectivity index (χ0v) is 26.4.